The fourth-order valence-corrected chi connectivity index (χ4v) is 7.10. The van der Waals surface area contributed by atoms with Crippen LogP contribution in [0.25, 0.3) is 10.8 Å². The minimum absolute atomic E-state index is 0.110. The molecule has 0 unspecified atom stereocenters. The Morgan fingerprint density at radius 1 is 0.550 bits per heavy atom. The van der Waals surface area contributed by atoms with E-state index in [4.69, 9.17) is 0 Å². The molecule has 204 valence electrons. The van der Waals surface area contributed by atoms with E-state index >= 15 is 0 Å². The molecule has 0 saturated heterocycles. The van der Waals surface area contributed by atoms with Gasteiger partial charge < -0.3 is 0 Å². The minimum atomic E-state index is 0.110. The molecule has 1 heterocycles. The van der Waals surface area contributed by atoms with Gasteiger partial charge in [0, 0.05) is 27.6 Å². The Morgan fingerprint density at radius 3 is 1.23 bits per heavy atom. The van der Waals surface area contributed by atoms with Crippen molar-refractivity contribution < 1.29 is 9.15 Å². The lowest BCUT2D eigenvalue weighted by molar-refractivity contribution is -0.688. The minimum Gasteiger partial charge on any atom is -0.123 e. The molecule has 0 N–H and O–H groups in total. The van der Waals surface area contributed by atoms with Gasteiger partial charge in [-0.2, -0.15) is 0 Å². The van der Waals surface area contributed by atoms with Crippen molar-refractivity contribution in [3.8, 4) is 0 Å². The molecule has 0 bridgehead atoms. The predicted molar refractivity (Wildman–Crippen MR) is 171 cm³/mol. The zero-order chi connectivity index (χ0) is 28.9. The highest BCUT2D eigenvalue weighted by Gasteiger charge is 2.54. The SMILES string of the molecule is Cc1cc(C(C)(C)C)cc(C)c1[N+]1=C2C(=[N+](c3c(C)cc(C(C)(C)C)cc3C)C1C)c1cccc3cccc2c13. The van der Waals surface area contributed by atoms with Crippen molar-refractivity contribution in [2.24, 2.45) is 0 Å². The molecular weight excluding hydrogens is 484 g/mol. The molecule has 1 aliphatic heterocycles. The Kier molecular flexibility index (Phi) is 5.83. The van der Waals surface area contributed by atoms with Gasteiger partial charge in [-0.1, -0.05) is 65.8 Å². The quantitative estimate of drug-likeness (QED) is 0.229. The van der Waals surface area contributed by atoms with E-state index in [1.54, 1.807) is 0 Å². The summed E-state index contributed by atoms with van der Waals surface area (Å²) in [6.07, 6.45) is 0.129. The summed E-state index contributed by atoms with van der Waals surface area (Å²) in [4.78, 5) is 0. The molecule has 4 aromatic carbocycles. The second kappa shape index (κ2) is 8.74. The topological polar surface area (TPSA) is 6.02 Å². The maximum atomic E-state index is 2.64. The highest BCUT2D eigenvalue weighted by Crippen LogP contribution is 2.42. The molecule has 0 saturated carbocycles. The number of aryl methyl sites for hydroxylation is 4. The Labute approximate surface area is 240 Å². The van der Waals surface area contributed by atoms with Crippen molar-refractivity contribution >= 4 is 33.6 Å². The van der Waals surface area contributed by atoms with Crippen LogP contribution in [0, 0.1) is 27.7 Å². The van der Waals surface area contributed by atoms with Crippen LogP contribution >= 0.6 is 0 Å². The Bertz CT molecular complexity index is 1620. The molecule has 2 heteroatoms. The van der Waals surface area contributed by atoms with E-state index in [9.17, 15) is 0 Å². The molecule has 0 radical (unpaired) electrons. The third-order valence-corrected chi connectivity index (χ3v) is 9.06. The third kappa shape index (κ3) is 3.83. The van der Waals surface area contributed by atoms with Crippen LogP contribution in [0.3, 0.4) is 0 Å². The number of hydrogen-bond donors (Lipinski definition) is 0. The molecule has 6 rings (SSSR count). The summed E-state index contributed by atoms with van der Waals surface area (Å²) < 4.78 is 5.27. The van der Waals surface area contributed by atoms with Gasteiger partial charge >= 0.3 is 6.17 Å². The van der Waals surface area contributed by atoms with Gasteiger partial charge in [0.05, 0.1) is 18.1 Å². The monoisotopic (exact) mass is 528 g/mol. The first-order valence-corrected chi connectivity index (χ1v) is 14.8. The summed E-state index contributed by atoms with van der Waals surface area (Å²) in [5.41, 5.74) is 16.4. The first kappa shape index (κ1) is 26.7. The zero-order valence-electron chi connectivity index (χ0n) is 26.2. The van der Waals surface area contributed by atoms with Gasteiger partial charge in [0.1, 0.15) is 0 Å². The summed E-state index contributed by atoms with van der Waals surface area (Å²) in [6.45, 7) is 25.4. The first-order chi connectivity index (χ1) is 18.7. The number of benzene rings is 4. The van der Waals surface area contributed by atoms with E-state index in [2.05, 4.69) is 146 Å². The van der Waals surface area contributed by atoms with Crippen molar-refractivity contribution in [1.82, 2.24) is 0 Å². The van der Waals surface area contributed by atoms with Crippen molar-refractivity contribution in [2.45, 2.75) is 93.2 Å². The van der Waals surface area contributed by atoms with Crippen molar-refractivity contribution in [1.29, 1.82) is 0 Å². The van der Waals surface area contributed by atoms with Crippen LogP contribution in [-0.2, 0) is 10.8 Å². The highest BCUT2D eigenvalue weighted by molar-refractivity contribution is 6.58. The number of hydrogen-bond acceptors (Lipinski definition) is 0. The largest absolute Gasteiger partial charge is 0.351 e. The van der Waals surface area contributed by atoms with Gasteiger partial charge in [0.2, 0.25) is 11.4 Å². The van der Waals surface area contributed by atoms with Gasteiger partial charge in [-0.15, -0.1) is 9.15 Å². The average molecular weight is 529 g/mol. The third-order valence-electron chi connectivity index (χ3n) is 9.06. The van der Waals surface area contributed by atoms with Gasteiger partial charge in [-0.3, -0.25) is 0 Å². The van der Waals surface area contributed by atoms with Crippen LogP contribution in [0.1, 0.15) is 93.0 Å². The molecule has 1 aliphatic carbocycles. The van der Waals surface area contributed by atoms with Gasteiger partial charge in [0.15, 0.2) is 0 Å². The van der Waals surface area contributed by atoms with E-state index < -0.39 is 0 Å². The van der Waals surface area contributed by atoms with Crippen LogP contribution in [0.5, 0.6) is 0 Å². The van der Waals surface area contributed by atoms with E-state index in [1.807, 2.05) is 0 Å². The maximum Gasteiger partial charge on any atom is 0.351 e. The van der Waals surface area contributed by atoms with E-state index in [1.165, 1.54) is 78.1 Å². The molecule has 2 nitrogen and oxygen atoms in total. The lowest BCUT2D eigenvalue weighted by Gasteiger charge is -2.22. The number of rotatable bonds is 2. The Hall–Kier alpha value is -3.52. The summed E-state index contributed by atoms with van der Waals surface area (Å²) in [7, 11) is 0. The fourth-order valence-electron chi connectivity index (χ4n) is 7.10. The van der Waals surface area contributed by atoms with Gasteiger partial charge in [0.25, 0.3) is 11.4 Å². The first-order valence-electron chi connectivity index (χ1n) is 14.8. The van der Waals surface area contributed by atoms with Crippen molar-refractivity contribution in [3.63, 3.8) is 0 Å². The lowest BCUT2D eigenvalue weighted by Crippen LogP contribution is -2.28. The van der Waals surface area contributed by atoms with E-state index in [0.29, 0.717) is 0 Å². The standard InChI is InChI=1S/C38H44N2/c1-22-18-28(37(6,7)8)19-23(2)33(22)39-26(5)40(34-24(3)20-29(21-25(34)4)38(9,10)11)36-31-17-13-15-27-14-12-16-30(32(27)31)35(36)39/h12-21,26H,1-11H3/q+2. The van der Waals surface area contributed by atoms with Crippen molar-refractivity contribution in [3.05, 3.63) is 105 Å². The maximum absolute atomic E-state index is 2.64. The highest BCUT2D eigenvalue weighted by atomic mass is 15.3. The molecule has 40 heavy (non-hydrogen) atoms. The summed E-state index contributed by atoms with van der Waals surface area (Å²) in [6, 6.07) is 23.3. The Morgan fingerprint density at radius 2 is 0.900 bits per heavy atom. The molecular formula is C38H44N2+2. The lowest BCUT2D eigenvalue weighted by atomic mass is 9.84. The second-order valence-electron chi connectivity index (χ2n) is 14.2. The van der Waals surface area contributed by atoms with Crippen LogP contribution in [-0.4, -0.2) is 26.7 Å². The molecule has 0 fully saturated rings. The molecule has 4 aromatic rings. The molecule has 0 atom stereocenters. The van der Waals surface area contributed by atoms with E-state index in [-0.39, 0.29) is 17.0 Å². The number of fused-ring (bicyclic) bond motifs is 3. The van der Waals surface area contributed by atoms with Gasteiger partial charge in [-0.05, 0) is 91.4 Å². The molecule has 0 spiro atoms. The average Bonchev–Trinajstić information content (AvgIpc) is 3.32. The normalized spacial score (nSPS) is 15.6. The number of nitrogens with zero attached hydrogens (tertiary/aromatic N) is 2. The van der Waals surface area contributed by atoms with Crippen molar-refractivity contribution in [2.75, 3.05) is 0 Å². The van der Waals surface area contributed by atoms with Crippen LogP contribution in [0.15, 0.2) is 60.7 Å². The van der Waals surface area contributed by atoms with E-state index in [0.717, 1.165) is 0 Å². The van der Waals surface area contributed by atoms with Crippen LogP contribution < -0.4 is 0 Å². The summed E-state index contributed by atoms with van der Waals surface area (Å²) >= 11 is 0. The molecule has 0 aromatic heterocycles. The summed E-state index contributed by atoms with van der Waals surface area (Å²) in [5.74, 6) is 0. The molecule has 0 amide bonds. The van der Waals surface area contributed by atoms with Gasteiger partial charge in [-0.25, -0.2) is 0 Å². The van der Waals surface area contributed by atoms with Crippen LogP contribution in [0.4, 0.5) is 11.4 Å². The zero-order valence-corrected chi connectivity index (χ0v) is 26.2. The second-order valence-corrected chi connectivity index (χ2v) is 14.2. The fraction of sp³-hybridized carbons (Fsp3) is 0.368. The predicted octanol–water partition coefficient (Wildman–Crippen LogP) is 9.31. The molecule has 2 aliphatic rings. The smallest absolute Gasteiger partial charge is 0.123 e. The summed E-state index contributed by atoms with van der Waals surface area (Å²) in [5, 5.41) is 2.69. The Balaban J connectivity index is 1.70. The van der Waals surface area contributed by atoms with Crippen LogP contribution in [0.2, 0.25) is 0 Å².